The van der Waals surface area contributed by atoms with Crippen LogP contribution in [0, 0.1) is 0 Å². The molecule has 0 saturated heterocycles. The molecule has 2 heterocycles. The molecule has 1 N–H and O–H groups in total. The molecule has 5 rings (SSSR count). The molecule has 0 spiro atoms. The minimum Gasteiger partial charge on any atom is -0.508 e. The van der Waals surface area contributed by atoms with Gasteiger partial charge in [-0.15, -0.1) is 0 Å². The molecule has 0 aromatic heterocycles. The van der Waals surface area contributed by atoms with Crippen molar-refractivity contribution in [3.05, 3.63) is 77.4 Å². The highest BCUT2D eigenvalue weighted by atomic mass is 16.5. The highest BCUT2D eigenvalue weighted by Gasteiger charge is 2.40. The van der Waals surface area contributed by atoms with Crippen molar-refractivity contribution in [2.75, 3.05) is 38.8 Å². The molecule has 8 heteroatoms. The van der Waals surface area contributed by atoms with Crippen LogP contribution >= 0.6 is 0 Å². The Balaban J connectivity index is 1.52. The number of carbonyl (C=O) groups excluding carboxylic acids is 2. The average molecular weight is 545 g/mol. The van der Waals surface area contributed by atoms with Crippen LogP contribution in [0.5, 0.6) is 23.0 Å². The van der Waals surface area contributed by atoms with Crippen molar-refractivity contribution in [3.8, 4) is 23.0 Å². The molecule has 0 aliphatic carbocycles. The predicted octanol–water partition coefficient (Wildman–Crippen LogP) is 5.18. The van der Waals surface area contributed by atoms with Gasteiger partial charge in [0.2, 0.25) is 5.91 Å². The lowest BCUT2D eigenvalue weighted by atomic mass is 9.87. The zero-order valence-electron chi connectivity index (χ0n) is 23.3. The maximum Gasteiger partial charge on any atom is 0.254 e. The van der Waals surface area contributed by atoms with Gasteiger partial charge in [-0.1, -0.05) is 24.3 Å². The Hall–Kier alpha value is -4.20. The number of fused-ring (bicyclic) bond motifs is 5. The summed E-state index contributed by atoms with van der Waals surface area (Å²) in [6.07, 6.45) is 2.82. The van der Waals surface area contributed by atoms with Gasteiger partial charge in [0, 0.05) is 49.3 Å². The highest BCUT2D eigenvalue weighted by molar-refractivity contribution is 5.96. The van der Waals surface area contributed by atoms with E-state index in [9.17, 15) is 14.7 Å². The lowest BCUT2D eigenvalue weighted by Crippen LogP contribution is -2.41. The quantitative estimate of drug-likeness (QED) is 0.489. The number of aromatic hydroxyl groups is 1. The van der Waals surface area contributed by atoms with E-state index in [4.69, 9.17) is 14.2 Å². The van der Waals surface area contributed by atoms with Gasteiger partial charge in [0.25, 0.3) is 5.91 Å². The van der Waals surface area contributed by atoms with E-state index in [2.05, 4.69) is 6.07 Å². The molecular formula is C32H36N2O6. The summed E-state index contributed by atoms with van der Waals surface area (Å²) in [5.74, 6) is 1.61. The fraction of sp³-hybridized carbons (Fsp3) is 0.375. The highest BCUT2D eigenvalue weighted by Crippen LogP contribution is 2.45. The molecule has 40 heavy (non-hydrogen) atoms. The summed E-state index contributed by atoms with van der Waals surface area (Å²) in [6.45, 7) is 3.14. The summed E-state index contributed by atoms with van der Waals surface area (Å²) < 4.78 is 17.0. The lowest BCUT2D eigenvalue weighted by molar-refractivity contribution is -0.117. The first-order valence-electron chi connectivity index (χ1n) is 13.8. The molecule has 8 nitrogen and oxygen atoms in total. The molecular weight excluding hydrogens is 508 g/mol. The third-order valence-corrected chi connectivity index (χ3v) is 7.86. The molecule has 2 amide bonds. The van der Waals surface area contributed by atoms with E-state index in [-0.39, 0.29) is 29.5 Å². The van der Waals surface area contributed by atoms with Crippen LogP contribution in [-0.2, 0) is 11.2 Å². The smallest absolute Gasteiger partial charge is 0.254 e. The van der Waals surface area contributed by atoms with Gasteiger partial charge in [0.05, 0.1) is 20.8 Å². The van der Waals surface area contributed by atoms with Gasteiger partial charge < -0.3 is 29.1 Å². The minimum absolute atomic E-state index is 0.00848. The number of hydrogen-bond acceptors (Lipinski definition) is 6. The van der Waals surface area contributed by atoms with Gasteiger partial charge in [0.15, 0.2) is 11.5 Å². The van der Waals surface area contributed by atoms with Crippen molar-refractivity contribution in [2.24, 2.45) is 0 Å². The second-order valence-corrected chi connectivity index (χ2v) is 10.4. The first-order valence-corrected chi connectivity index (χ1v) is 13.8. The lowest BCUT2D eigenvalue weighted by Gasteiger charge is -2.31. The van der Waals surface area contributed by atoms with Crippen LogP contribution in [0.1, 0.15) is 53.6 Å². The van der Waals surface area contributed by atoms with Gasteiger partial charge in [-0.3, -0.25) is 9.59 Å². The van der Waals surface area contributed by atoms with Crippen molar-refractivity contribution >= 4 is 17.5 Å². The number of anilines is 1. The van der Waals surface area contributed by atoms with Crippen LogP contribution in [0.25, 0.3) is 0 Å². The molecule has 3 aromatic carbocycles. The summed E-state index contributed by atoms with van der Waals surface area (Å²) in [4.78, 5) is 30.5. The van der Waals surface area contributed by atoms with Crippen LogP contribution in [0.4, 0.5) is 5.69 Å². The van der Waals surface area contributed by atoms with Crippen molar-refractivity contribution in [1.82, 2.24) is 4.90 Å². The monoisotopic (exact) mass is 544 g/mol. The van der Waals surface area contributed by atoms with Gasteiger partial charge in [0.1, 0.15) is 11.5 Å². The van der Waals surface area contributed by atoms with Gasteiger partial charge in [-0.2, -0.15) is 0 Å². The SMILES string of the molecule is COc1cc(O)cc(C(=O)N2CCCCOc3cc(ccc3OC)C[C@@H]3[C@H](CC2)c2ccccc2N3C(C)=O)c1. The number of hydrogen-bond donors (Lipinski definition) is 1. The zero-order chi connectivity index (χ0) is 28.2. The van der Waals surface area contributed by atoms with E-state index in [1.54, 1.807) is 20.1 Å². The molecule has 3 aromatic rings. The molecule has 0 unspecified atom stereocenters. The molecule has 2 aliphatic heterocycles. The number of amides is 2. The van der Waals surface area contributed by atoms with E-state index in [1.165, 1.54) is 19.2 Å². The Morgan fingerprint density at radius 1 is 0.975 bits per heavy atom. The summed E-state index contributed by atoms with van der Waals surface area (Å²) in [5.41, 5.74) is 3.48. The number of para-hydroxylation sites is 1. The third-order valence-electron chi connectivity index (χ3n) is 7.86. The average Bonchev–Trinajstić information content (AvgIpc) is 3.26. The van der Waals surface area contributed by atoms with Crippen molar-refractivity contribution in [2.45, 2.75) is 44.6 Å². The molecule has 0 fully saturated rings. The number of carbonyl (C=O) groups is 2. The zero-order valence-corrected chi connectivity index (χ0v) is 23.3. The second kappa shape index (κ2) is 11.9. The first-order chi connectivity index (χ1) is 19.4. The number of nitrogens with zero attached hydrogens (tertiary/aromatic N) is 2. The maximum absolute atomic E-state index is 13.7. The number of rotatable bonds is 3. The number of benzene rings is 3. The first kappa shape index (κ1) is 27.4. The molecule has 0 radical (unpaired) electrons. The predicted molar refractivity (Wildman–Crippen MR) is 153 cm³/mol. The molecule has 2 bridgehead atoms. The van der Waals surface area contributed by atoms with Crippen molar-refractivity contribution in [1.29, 1.82) is 0 Å². The number of methoxy groups -OCH3 is 2. The van der Waals surface area contributed by atoms with Crippen LogP contribution in [0.2, 0.25) is 0 Å². The van der Waals surface area contributed by atoms with Crippen LogP contribution in [0.15, 0.2) is 60.7 Å². The number of ether oxygens (including phenoxy) is 3. The van der Waals surface area contributed by atoms with E-state index in [0.29, 0.717) is 55.4 Å². The molecule has 0 saturated carbocycles. The normalized spacial score (nSPS) is 19.1. The van der Waals surface area contributed by atoms with E-state index in [1.807, 2.05) is 46.2 Å². The summed E-state index contributed by atoms with van der Waals surface area (Å²) >= 11 is 0. The fourth-order valence-electron chi connectivity index (χ4n) is 5.98. The third kappa shape index (κ3) is 5.57. The topological polar surface area (TPSA) is 88.5 Å². The molecule has 210 valence electrons. The van der Waals surface area contributed by atoms with Crippen LogP contribution < -0.4 is 19.1 Å². The minimum atomic E-state index is -0.166. The van der Waals surface area contributed by atoms with E-state index >= 15 is 0 Å². The second-order valence-electron chi connectivity index (χ2n) is 10.4. The van der Waals surface area contributed by atoms with E-state index in [0.717, 1.165) is 29.7 Å². The summed E-state index contributed by atoms with van der Waals surface area (Å²) in [7, 11) is 3.13. The Labute approximate surface area is 235 Å². The van der Waals surface area contributed by atoms with Gasteiger partial charge >= 0.3 is 0 Å². The maximum atomic E-state index is 13.7. The van der Waals surface area contributed by atoms with Crippen LogP contribution in [-0.4, -0.2) is 61.8 Å². The number of phenols is 1. The fourth-order valence-corrected chi connectivity index (χ4v) is 5.98. The van der Waals surface area contributed by atoms with Crippen molar-refractivity contribution in [3.63, 3.8) is 0 Å². The standard InChI is InChI=1S/C32H36N2O6/c1-21(35)34-28-9-5-4-8-26(28)27-12-14-33(32(37)23-18-24(36)20-25(19-23)38-2)13-6-7-15-40-31-17-22(16-29(27)34)10-11-30(31)39-3/h4-5,8-11,17-20,27,29,36H,6-7,12-16H2,1-3H3/t27-,29-/m1/s1. The summed E-state index contributed by atoms with van der Waals surface area (Å²) in [5, 5.41) is 10.2. The van der Waals surface area contributed by atoms with Crippen LogP contribution in [0.3, 0.4) is 0 Å². The Bertz CT molecular complexity index is 1390. The van der Waals surface area contributed by atoms with Gasteiger partial charge in [-0.05, 0) is 67.1 Å². The largest absolute Gasteiger partial charge is 0.508 e. The van der Waals surface area contributed by atoms with E-state index < -0.39 is 0 Å². The molecule has 2 atom stereocenters. The summed E-state index contributed by atoms with van der Waals surface area (Å²) in [6, 6.07) is 18.5. The molecule has 2 aliphatic rings. The Morgan fingerprint density at radius 3 is 2.58 bits per heavy atom. The Kier molecular flexibility index (Phi) is 8.14. The Morgan fingerprint density at radius 2 is 1.80 bits per heavy atom. The van der Waals surface area contributed by atoms with Crippen molar-refractivity contribution < 1.29 is 28.9 Å². The van der Waals surface area contributed by atoms with Gasteiger partial charge in [-0.25, -0.2) is 0 Å². The number of phenolic OH excluding ortho intramolecular Hbond substituents is 1.